The number of amides is 3. The fourth-order valence-electron chi connectivity index (χ4n) is 4.69. The van der Waals surface area contributed by atoms with E-state index in [0.717, 1.165) is 31.0 Å². The van der Waals surface area contributed by atoms with E-state index in [1.807, 2.05) is 27.7 Å². The van der Waals surface area contributed by atoms with Crippen LogP contribution in [0.3, 0.4) is 0 Å². The number of carbonyl (C=O) groups is 2. The lowest BCUT2D eigenvalue weighted by atomic mass is 9.92. The lowest BCUT2D eigenvalue weighted by Crippen LogP contribution is -2.41. The Labute approximate surface area is 261 Å². The number of anilines is 2. The van der Waals surface area contributed by atoms with E-state index in [-0.39, 0.29) is 22.8 Å². The highest BCUT2D eigenvalue weighted by molar-refractivity contribution is 5.99. The van der Waals surface area contributed by atoms with Crippen LogP contribution < -0.4 is 20.7 Å². The molecule has 0 spiro atoms. The Morgan fingerprint density at radius 1 is 0.978 bits per heavy atom. The fraction of sp³-hybridized carbons (Fsp3) is 0.333. The van der Waals surface area contributed by atoms with Crippen molar-refractivity contribution in [1.82, 2.24) is 25.0 Å². The molecule has 3 heterocycles. The molecule has 0 bridgehead atoms. The zero-order valence-electron chi connectivity index (χ0n) is 25.9. The monoisotopic (exact) mass is 615 g/mol. The molecular weight excluding hydrogens is 577 g/mol. The summed E-state index contributed by atoms with van der Waals surface area (Å²) in [4.78, 5) is 32.1. The standard InChI is InChI=1S/C33H38FN7O4/c1-22-19-26(11-12-35-22)45-25-9-10-28(27(34)20-25)37-32(43)38-30-21-29(33(2,3)4)39-41(30)24-7-5-23(6-8-24)31(42)36-13-14-40-15-17-44-18-16-40/h5-12,19-21H,13-18H2,1-4H3,(H,36,42)(H2,37,38,43). The molecule has 3 N–H and O–H groups in total. The minimum atomic E-state index is -0.656. The predicted octanol–water partition coefficient (Wildman–Crippen LogP) is 5.51. The third kappa shape index (κ3) is 8.43. The molecule has 1 saturated heterocycles. The molecule has 5 rings (SSSR count). The van der Waals surface area contributed by atoms with E-state index >= 15 is 0 Å². The third-order valence-electron chi connectivity index (χ3n) is 7.20. The summed E-state index contributed by atoms with van der Waals surface area (Å²) in [6, 6.07) is 15.7. The van der Waals surface area contributed by atoms with Gasteiger partial charge in [0.15, 0.2) is 0 Å². The van der Waals surface area contributed by atoms with Crippen LogP contribution in [-0.4, -0.2) is 71.0 Å². The molecule has 1 aliphatic heterocycles. The number of nitrogens with one attached hydrogen (secondary N) is 3. The lowest BCUT2D eigenvalue weighted by molar-refractivity contribution is 0.0383. The Morgan fingerprint density at radius 3 is 2.40 bits per heavy atom. The summed E-state index contributed by atoms with van der Waals surface area (Å²) in [6.45, 7) is 12.3. The van der Waals surface area contributed by atoms with Crippen LogP contribution in [0.1, 0.15) is 42.5 Å². The first-order valence-electron chi connectivity index (χ1n) is 14.8. The van der Waals surface area contributed by atoms with Crippen molar-refractivity contribution in [2.45, 2.75) is 33.1 Å². The van der Waals surface area contributed by atoms with Gasteiger partial charge in [-0.3, -0.25) is 20.0 Å². The highest BCUT2D eigenvalue weighted by atomic mass is 19.1. The molecule has 4 aromatic rings. The average Bonchev–Trinajstić information content (AvgIpc) is 3.43. The molecule has 1 aliphatic rings. The van der Waals surface area contributed by atoms with Crippen molar-refractivity contribution in [1.29, 1.82) is 0 Å². The predicted molar refractivity (Wildman–Crippen MR) is 170 cm³/mol. The SMILES string of the molecule is Cc1cc(Oc2ccc(NC(=O)Nc3cc(C(C)(C)C)nn3-c3ccc(C(=O)NCCN4CCOCC4)cc3)c(F)c2)ccn1. The molecule has 2 aromatic carbocycles. The minimum absolute atomic E-state index is 0.0168. The normalized spacial score (nSPS) is 13.7. The quantitative estimate of drug-likeness (QED) is 0.227. The number of halogens is 1. The van der Waals surface area contributed by atoms with Gasteiger partial charge < -0.3 is 20.1 Å². The largest absolute Gasteiger partial charge is 0.457 e. The number of ether oxygens (including phenoxy) is 2. The Balaban J connectivity index is 1.25. The van der Waals surface area contributed by atoms with E-state index in [4.69, 9.17) is 14.6 Å². The summed E-state index contributed by atoms with van der Waals surface area (Å²) in [5, 5.41) is 13.0. The summed E-state index contributed by atoms with van der Waals surface area (Å²) in [6.07, 6.45) is 1.61. The van der Waals surface area contributed by atoms with Gasteiger partial charge in [0.05, 0.1) is 30.3 Å². The van der Waals surface area contributed by atoms with Crippen molar-refractivity contribution in [3.05, 3.63) is 89.6 Å². The molecule has 0 saturated carbocycles. The topological polar surface area (TPSA) is 123 Å². The van der Waals surface area contributed by atoms with E-state index in [9.17, 15) is 14.0 Å². The van der Waals surface area contributed by atoms with E-state index in [2.05, 4.69) is 25.8 Å². The number of pyridine rings is 1. The van der Waals surface area contributed by atoms with Crippen LogP contribution in [0.4, 0.5) is 20.7 Å². The van der Waals surface area contributed by atoms with Crippen LogP contribution in [0.15, 0.2) is 66.9 Å². The first kappa shape index (κ1) is 31.6. The van der Waals surface area contributed by atoms with Gasteiger partial charge in [-0.15, -0.1) is 0 Å². The summed E-state index contributed by atoms with van der Waals surface area (Å²) >= 11 is 0. The lowest BCUT2D eigenvalue weighted by Gasteiger charge is -2.26. The van der Waals surface area contributed by atoms with E-state index < -0.39 is 11.8 Å². The second kappa shape index (κ2) is 13.9. The maximum absolute atomic E-state index is 14.9. The Bertz CT molecular complexity index is 1640. The van der Waals surface area contributed by atoms with Crippen LogP contribution >= 0.6 is 0 Å². The Morgan fingerprint density at radius 2 is 1.71 bits per heavy atom. The van der Waals surface area contributed by atoms with Gasteiger partial charge in [0.1, 0.15) is 23.1 Å². The van der Waals surface area contributed by atoms with E-state index in [0.29, 0.717) is 42.6 Å². The molecule has 236 valence electrons. The number of carbonyl (C=O) groups excluding carboxylic acids is 2. The van der Waals surface area contributed by atoms with Gasteiger partial charge in [-0.25, -0.2) is 13.9 Å². The van der Waals surface area contributed by atoms with Gasteiger partial charge in [0, 0.05) is 67.2 Å². The number of benzene rings is 2. The smallest absolute Gasteiger partial charge is 0.324 e. The molecule has 3 amide bonds. The molecule has 0 aliphatic carbocycles. The summed E-state index contributed by atoms with van der Waals surface area (Å²) < 4.78 is 27.6. The Kier molecular flexibility index (Phi) is 9.74. The molecule has 11 nitrogen and oxygen atoms in total. The molecule has 2 aromatic heterocycles. The minimum Gasteiger partial charge on any atom is -0.457 e. The second-order valence-corrected chi connectivity index (χ2v) is 11.8. The van der Waals surface area contributed by atoms with Crippen molar-refractivity contribution in [2.75, 3.05) is 50.0 Å². The number of hydrogen-bond donors (Lipinski definition) is 3. The molecule has 1 fully saturated rings. The molecule has 0 radical (unpaired) electrons. The zero-order chi connectivity index (χ0) is 32.0. The van der Waals surface area contributed by atoms with Crippen LogP contribution in [0.5, 0.6) is 11.5 Å². The summed E-state index contributed by atoms with van der Waals surface area (Å²) in [5.41, 5.74) is 2.34. The highest BCUT2D eigenvalue weighted by Crippen LogP contribution is 2.28. The van der Waals surface area contributed by atoms with Crippen molar-refractivity contribution < 1.29 is 23.5 Å². The Hall–Kier alpha value is -4.81. The second-order valence-electron chi connectivity index (χ2n) is 11.8. The number of aromatic nitrogens is 3. The van der Waals surface area contributed by atoms with Crippen molar-refractivity contribution in [2.24, 2.45) is 0 Å². The van der Waals surface area contributed by atoms with Crippen molar-refractivity contribution >= 4 is 23.4 Å². The highest BCUT2D eigenvalue weighted by Gasteiger charge is 2.22. The van der Waals surface area contributed by atoms with Crippen LogP contribution in [0.2, 0.25) is 0 Å². The van der Waals surface area contributed by atoms with Gasteiger partial charge in [-0.05, 0) is 49.4 Å². The number of morpholine rings is 1. The average molecular weight is 616 g/mol. The van der Waals surface area contributed by atoms with Gasteiger partial charge >= 0.3 is 6.03 Å². The van der Waals surface area contributed by atoms with E-state index in [1.165, 1.54) is 12.1 Å². The maximum atomic E-state index is 14.9. The van der Waals surface area contributed by atoms with Gasteiger partial charge in [-0.1, -0.05) is 20.8 Å². The first-order valence-corrected chi connectivity index (χ1v) is 14.8. The van der Waals surface area contributed by atoms with E-state index in [1.54, 1.807) is 59.4 Å². The van der Waals surface area contributed by atoms with Crippen LogP contribution in [0.25, 0.3) is 5.69 Å². The molecule has 45 heavy (non-hydrogen) atoms. The summed E-state index contributed by atoms with van der Waals surface area (Å²) in [7, 11) is 0. The molecule has 0 unspecified atom stereocenters. The van der Waals surface area contributed by atoms with Gasteiger partial charge in [0.2, 0.25) is 0 Å². The van der Waals surface area contributed by atoms with Crippen LogP contribution in [-0.2, 0) is 10.2 Å². The first-order chi connectivity index (χ1) is 21.5. The number of nitrogens with zero attached hydrogens (tertiary/aromatic N) is 4. The molecular formula is C33H38FN7O4. The number of hydrogen-bond acceptors (Lipinski definition) is 7. The zero-order valence-corrected chi connectivity index (χ0v) is 25.9. The fourth-order valence-corrected chi connectivity index (χ4v) is 4.69. The van der Waals surface area contributed by atoms with Gasteiger partial charge in [0.25, 0.3) is 5.91 Å². The van der Waals surface area contributed by atoms with Crippen molar-refractivity contribution in [3.8, 4) is 17.2 Å². The maximum Gasteiger partial charge on any atom is 0.324 e. The molecule has 0 atom stereocenters. The number of aryl methyl sites for hydroxylation is 1. The van der Waals surface area contributed by atoms with Gasteiger partial charge in [-0.2, -0.15) is 5.10 Å². The summed E-state index contributed by atoms with van der Waals surface area (Å²) in [5.74, 6) is 0.370. The number of rotatable bonds is 9. The van der Waals surface area contributed by atoms with Crippen molar-refractivity contribution in [3.63, 3.8) is 0 Å². The molecule has 12 heteroatoms. The third-order valence-corrected chi connectivity index (χ3v) is 7.20. The number of urea groups is 1. The van der Waals surface area contributed by atoms with Crippen LogP contribution in [0, 0.1) is 12.7 Å².